The van der Waals surface area contributed by atoms with Gasteiger partial charge in [-0.25, -0.2) is 0 Å². The van der Waals surface area contributed by atoms with Crippen LogP contribution in [0.1, 0.15) is 38.3 Å². The summed E-state index contributed by atoms with van der Waals surface area (Å²) in [6.45, 7) is 6.66. The van der Waals surface area contributed by atoms with Crippen LogP contribution in [0.25, 0.3) is 5.57 Å². The van der Waals surface area contributed by atoms with Crippen molar-refractivity contribution in [3.63, 3.8) is 0 Å². The lowest BCUT2D eigenvalue weighted by atomic mass is 9.98. The van der Waals surface area contributed by atoms with Crippen molar-refractivity contribution in [1.82, 2.24) is 0 Å². The summed E-state index contributed by atoms with van der Waals surface area (Å²) in [5, 5.41) is 0. The number of alkyl halides is 1. The lowest BCUT2D eigenvalue weighted by molar-refractivity contribution is 0.647. The van der Waals surface area contributed by atoms with Gasteiger partial charge in [0.05, 0.1) is 0 Å². The lowest BCUT2D eigenvalue weighted by Gasteiger charge is -2.08. The van der Waals surface area contributed by atoms with Crippen LogP contribution in [0.3, 0.4) is 0 Å². The fourth-order valence-corrected chi connectivity index (χ4v) is 1.91. The number of halogens is 1. The molecule has 0 amide bonds. The number of benzene rings is 1. The Morgan fingerprint density at radius 3 is 2.75 bits per heavy atom. The van der Waals surface area contributed by atoms with Crippen LogP contribution in [0.2, 0.25) is 0 Å². The fraction of sp³-hybridized carbons (Fsp3) is 0.467. The molecule has 0 radical (unpaired) electrons. The van der Waals surface area contributed by atoms with E-state index in [-0.39, 0.29) is 0 Å². The molecule has 1 aromatic rings. The Bertz CT molecular complexity index is 350. The summed E-state index contributed by atoms with van der Waals surface area (Å²) in [7, 11) is 0. The van der Waals surface area contributed by atoms with Crippen molar-refractivity contribution in [3.8, 4) is 0 Å². The van der Waals surface area contributed by atoms with Gasteiger partial charge in [-0.2, -0.15) is 0 Å². The highest BCUT2D eigenvalue weighted by molar-refractivity contribution is 6.17. The zero-order chi connectivity index (χ0) is 12.0. The van der Waals surface area contributed by atoms with E-state index < -0.39 is 0 Å². The van der Waals surface area contributed by atoms with Gasteiger partial charge in [0, 0.05) is 5.88 Å². The van der Waals surface area contributed by atoms with E-state index in [1.165, 1.54) is 16.7 Å². The molecule has 0 saturated heterocycles. The van der Waals surface area contributed by atoms with Crippen LogP contribution in [0.4, 0.5) is 0 Å². The maximum absolute atomic E-state index is 5.69. The topological polar surface area (TPSA) is 0 Å². The van der Waals surface area contributed by atoms with Gasteiger partial charge in [-0.3, -0.25) is 0 Å². The smallest absolute Gasteiger partial charge is 0.0258 e. The SMILES string of the molecule is C/C(=C\CCCl)c1cccc(CC(C)C)c1. The summed E-state index contributed by atoms with van der Waals surface area (Å²) < 4.78 is 0. The van der Waals surface area contributed by atoms with Crippen LogP contribution in [0, 0.1) is 5.92 Å². The van der Waals surface area contributed by atoms with Crippen molar-refractivity contribution >= 4 is 17.2 Å². The van der Waals surface area contributed by atoms with Crippen LogP contribution in [0.5, 0.6) is 0 Å². The Balaban J connectivity index is 2.81. The predicted molar refractivity (Wildman–Crippen MR) is 74.0 cm³/mol. The van der Waals surface area contributed by atoms with Gasteiger partial charge >= 0.3 is 0 Å². The van der Waals surface area contributed by atoms with E-state index in [2.05, 4.69) is 51.1 Å². The maximum Gasteiger partial charge on any atom is 0.0258 e. The van der Waals surface area contributed by atoms with Crippen molar-refractivity contribution in [2.24, 2.45) is 5.92 Å². The maximum atomic E-state index is 5.69. The standard InChI is InChI=1S/C15H21Cl/c1-12(2)10-14-7-4-8-15(11-14)13(3)6-5-9-16/h4,6-8,11-12H,5,9-10H2,1-3H3/b13-6+. The minimum atomic E-state index is 0.697. The number of hydrogen-bond acceptors (Lipinski definition) is 0. The molecule has 0 heterocycles. The van der Waals surface area contributed by atoms with Crippen molar-refractivity contribution in [2.75, 3.05) is 5.88 Å². The highest BCUT2D eigenvalue weighted by Crippen LogP contribution is 2.18. The van der Waals surface area contributed by atoms with Gasteiger partial charge in [0.1, 0.15) is 0 Å². The average Bonchev–Trinajstić information content (AvgIpc) is 2.25. The molecule has 0 unspecified atom stereocenters. The van der Waals surface area contributed by atoms with Crippen LogP contribution in [0.15, 0.2) is 30.3 Å². The normalized spacial score (nSPS) is 12.2. The molecule has 88 valence electrons. The zero-order valence-corrected chi connectivity index (χ0v) is 11.2. The van der Waals surface area contributed by atoms with Crippen molar-refractivity contribution in [3.05, 3.63) is 41.5 Å². The minimum Gasteiger partial charge on any atom is -0.126 e. The Morgan fingerprint density at radius 1 is 1.38 bits per heavy atom. The first kappa shape index (κ1) is 13.3. The third-order valence-corrected chi connectivity index (χ3v) is 2.80. The largest absolute Gasteiger partial charge is 0.126 e. The fourth-order valence-electron chi connectivity index (χ4n) is 1.80. The van der Waals surface area contributed by atoms with E-state index in [9.17, 15) is 0 Å². The molecule has 1 aromatic carbocycles. The Morgan fingerprint density at radius 2 is 2.12 bits per heavy atom. The highest BCUT2D eigenvalue weighted by atomic mass is 35.5. The van der Waals surface area contributed by atoms with Crippen LogP contribution < -0.4 is 0 Å². The van der Waals surface area contributed by atoms with Gasteiger partial charge in [-0.05, 0) is 42.4 Å². The molecule has 0 fully saturated rings. The molecule has 0 aliphatic carbocycles. The summed E-state index contributed by atoms with van der Waals surface area (Å²) in [6, 6.07) is 8.81. The molecule has 0 bridgehead atoms. The summed E-state index contributed by atoms with van der Waals surface area (Å²) in [6.07, 6.45) is 4.31. The highest BCUT2D eigenvalue weighted by Gasteiger charge is 2.00. The number of rotatable bonds is 5. The van der Waals surface area contributed by atoms with Crippen LogP contribution >= 0.6 is 11.6 Å². The average molecular weight is 237 g/mol. The molecule has 0 aliphatic heterocycles. The van der Waals surface area contributed by atoms with Crippen molar-refractivity contribution < 1.29 is 0 Å². The Labute approximate surface area is 104 Å². The Hall–Kier alpha value is -0.750. The van der Waals surface area contributed by atoms with Gasteiger partial charge in [0.2, 0.25) is 0 Å². The summed E-state index contributed by atoms with van der Waals surface area (Å²) in [4.78, 5) is 0. The molecule has 1 rings (SSSR count). The van der Waals surface area contributed by atoms with E-state index >= 15 is 0 Å². The molecule has 0 saturated carbocycles. The second-order valence-corrected chi connectivity index (χ2v) is 5.04. The van der Waals surface area contributed by atoms with Gasteiger partial charge in [-0.15, -0.1) is 11.6 Å². The van der Waals surface area contributed by atoms with E-state index in [1.54, 1.807) is 0 Å². The third kappa shape index (κ3) is 4.40. The molecular formula is C15H21Cl. The van der Waals surface area contributed by atoms with E-state index in [0.717, 1.165) is 12.8 Å². The molecular weight excluding hydrogens is 216 g/mol. The summed E-state index contributed by atoms with van der Waals surface area (Å²) in [5.41, 5.74) is 4.07. The third-order valence-electron chi connectivity index (χ3n) is 2.59. The van der Waals surface area contributed by atoms with Crippen molar-refractivity contribution in [2.45, 2.75) is 33.6 Å². The van der Waals surface area contributed by atoms with Crippen molar-refractivity contribution in [1.29, 1.82) is 0 Å². The first-order valence-corrected chi connectivity index (χ1v) is 6.49. The molecule has 0 aromatic heterocycles. The van der Waals surface area contributed by atoms with E-state index in [1.807, 2.05) is 0 Å². The number of hydrogen-bond donors (Lipinski definition) is 0. The summed E-state index contributed by atoms with van der Waals surface area (Å²) in [5.74, 6) is 1.41. The first-order valence-electron chi connectivity index (χ1n) is 5.95. The zero-order valence-electron chi connectivity index (χ0n) is 10.5. The van der Waals surface area contributed by atoms with Crippen LogP contribution in [-0.2, 0) is 6.42 Å². The molecule has 0 spiro atoms. The summed E-state index contributed by atoms with van der Waals surface area (Å²) >= 11 is 5.69. The van der Waals surface area contributed by atoms with Gasteiger partial charge in [0.25, 0.3) is 0 Å². The van der Waals surface area contributed by atoms with E-state index in [0.29, 0.717) is 11.8 Å². The molecule has 1 heteroatoms. The monoisotopic (exact) mass is 236 g/mol. The second kappa shape index (κ2) is 6.75. The first-order chi connectivity index (χ1) is 7.63. The molecule has 0 nitrogen and oxygen atoms in total. The Kier molecular flexibility index (Phi) is 5.62. The quantitative estimate of drug-likeness (QED) is 0.637. The molecule has 0 aliphatic rings. The van der Waals surface area contributed by atoms with Crippen LogP contribution in [-0.4, -0.2) is 5.88 Å². The number of allylic oxidation sites excluding steroid dienone is 2. The molecule has 0 N–H and O–H groups in total. The molecule has 0 atom stereocenters. The van der Waals surface area contributed by atoms with Gasteiger partial charge in [0.15, 0.2) is 0 Å². The molecule has 16 heavy (non-hydrogen) atoms. The predicted octanol–water partition coefficient (Wildman–Crippen LogP) is 4.92. The second-order valence-electron chi connectivity index (χ2n) is 4.66. The van der Waals surface area contributed by atoms with Gasteiger partial charge < -0.3 is 0 Å². The minimum absolute atomic E-state index is 0.697. The van der Waals surface area contributed by atoms with E-state index in [4.69, 9.17) is 11.6 Å². The lowest BCUT2D eigenvalue weighted by Crippen LogP contribution is -1.94. The van der Waals surface area contributed by atoms with Gasteiger partial charge in [-0.1, -0.05) is 44.2 Å².